The van der Waals surface area contributed by atoms with E-state index in [0.717, 1.165) is 12.1 Å². The van der Waals surface area contributed by atoms with Gasteiger partial charge >= 0.3 is 0 Å². The van der Waals surface area contributed by atoms with Gasteiger partial charge in [-0.3, -0.25) is 4.79 Å². The summed E-state index contributed by atoms with van der Waals surface area (Å²) in [7, 11) is 0. The fourth-order valence-electron chi connectivity index (χ4n) is 2.45. The van der Waals surface area contributed by atoms with E-state index in [0.29, 0.717) is 26.4 Å². The number of para-hydroxylation sites is 1. The van der Waals surface area contributed by atoms with Crippen molar-refractivity contribution in [3.8, 4) is 0 Å². The van der Waals surface area contributed by atoms with Crippen molar-refractivity contribution in [1.29, 1.82) is 0 Å². The van der Waals surface area contributed by atoms with Crippen molar-refractivity contribution in [3.63, 3.8) is 0 Å². The molecule has 1 fully saturated rings. The molecule has 5 heteroatoms. The number of rotatable bonds is 3. The highest BCUT2D eigenvalue weighted by Gasteiger charge is 2.26. The smallest absolute Gasteiger partial charge is 0.242 e. The molecule has 1 amide bonds. The van der Waals surface area contributed by atoms with Crippen LogP contribution in [-0.4, -0.2) is 44.4 Å². The molecule has 102 valence electrons. The molecule has 2 aliphatic rings. The highest BCUT2D eigenvalue weighted by Crippen LogP contribution is 2.24. The lowest BCUT2D eigenvalue weighted by Crippen LogP contribution is -2.44. The van der Waals surface area contributed by atoms with Crippen molar-refractivity contribution in [2.75, 3.05) is 31.7 Å². The monoisotopic (exact) mass is 262 g/mol. The van der Waals surface area contributed by atoms with Gasteiger partial charge in [0.2, 0.25) is 5.91 Å². The molecule has 2 aliphatic heterocycles. The van der Waals surface area contributed by atoms with Crippen molar-refractivity contribution in [2.45, 2.75) is 18.6 Å². The Morgan fingerprint density at radius 1 is 1.37 bits per heavy atom. The van der Waals surface area contributed by atoms with Gasteiger partial charge in [0.05, 0.1) is 25.9 Å². The summed E-state index contributed by atoms with van der Waals surface area (Å²) in [5, 5.41) is 6.16. The van der Waals surface area contributed by atoms with E-state index >= 15 is 0 Å². The average molecular weight is 262 g/mol. The van der Waals surface area contributed by atoms with Crippen molar-refractivity contribution in [2.24, 2.45) is 0 Å². The van der Waals surface area contributed by atoms with Crippen LogP contribution < -0.4 is 10.6 Å². The summed E-state index contributed by atoms with van der Waals surface area (Å²) < 4.78 is 10.8. The standard InChI is InChI=1S/C14H18N2O3/c17-14(15-8-11-9-18-5-6-19-11)13-7-10-3-1-2-4-12(10)16-13/h1-4,11,13,16H,5-9H2,(H,15,17). The van der Waals surface area contributed by atoms with Gasteiger partial charge < -0.3 is 20.1 Å². The molecule has 3 rings (SSSR count). The van der Waals surface area contributed by atoms with Gasteiger partial charge in [0.1, 0.15) is 6.04 Å². The first-order chi connectivity index (χ1) is 9.33. The van der Waals surface area contributed by atoms with Crippen LogP contribution in [0.1, 0.15) is 5.56 Å². The Labute approximate surface area is 112 Å². The zero-order valence-corrected chi connectivity index (χ0v) is 10.7. The predicted molar refractivity (Wildman–Crippen MR) is 71.1 cm³/mol. The average Bonchev–Trinajstić information content (AvgIpc) is 2.90. The van der Waals surface area contributed by atoms with E-state index in [1.54, 1.807) is 0 Å². The van der Waals surface area contributed by atoms with Crippen LogP contribution in [-0.2, 0) is 20.7 Å². The van der Waals surface area contributed by atoms with E-state index in [1.165, 1.54) is 5.56 Å². The number of amides is 1. The van der Waals surface area contributed by atoms with Crippen LogP contribution in [0.15, 0.2) is 24.3 Å². The molecule has 2 unspecified atom stereocenters. The van der Waals surface area contributed by atoms with Gasteiger partial charge in [0.25, 0.3) is 0 Å². The Morgan fingerprint density at radius 3 is 3.05 bits per heavy atom. The van der Waals surface area contributed by atoms with Crippen LogP contribution in [0.4, 0.5) is 5.69 Å². The molecular weight excluding hydrogens is 244 g/mol. The Balaban J connectivity index is 1.49. The molecule has 2 heterocycles. The molecule has 1 aromatic carbocycles. The van der Waals surface area contributed by atoms with Gasteiger partial charge in [0.15, 0.2) is 0 Å². The number of hydrogen-bond acceptors (Lipinski definition) is 4. The zero-order chi connectivity index (χ0) is 13.1. The first-order valence-electron chi connectivity index (χ1n) is 6.64. The minimum atomic E-state index is -0.179. The molecule has 5 nitrogen and oxygen atoms in total. The van der Waals surface area contributed by atoms with E-state index in [4.69, 9.17) is 9.47 Å². The van der Waals surface area contributed by atoms with Crippen molar-refractivity contribution >= 4 is 11.6 Å². The summed E-state index contributed by atoms with van der Waals surface area (Å²) in [6.07, 6.45) is 0.714. The number of ether oxygens (including phenoxy) is 2. The lowest BCUT2D eigenvalue weighted by molar-refractivity contribution is -0.124. The molecule has 1 saturated heterocycles. The Bertz CT molecular complexity index is 433. The number of nitrogens with one attached hydrogen (secondary N) is 2. The number of carbonyl (C=O) groups is 1. The largest absolute Gasteiger partial charge is 0.376 e. The maximum absolute atomic E-state index is 12.1. The van der Waals surface area contributed by atoms with Crippen LogP contribution in [0, 0.1) is 0 Å². The zero-order valence-electron chi connectivity index (χ0n) is 10.7. The molecule has 2 N–H and O–H groups in total. The van der Waals surface area contributed by atoms with Gasteiger partial charge in [0, 0.05) is 18.7 Å². The normalized spacial score (nSPS) is 25.5. The maximum atomic E-state index is 12.1. The lowest BCUT2D eigenvalue weighted by atomic mass is 10.1. The number of hydrogen-bond donors (Lipinski definition) is 2. The maximum Gasteiger partial charge on any atom is 0.242 e. The summed E-state index contributed by atoms with van der Waals surface area (Å²) in [5.41, 5.74) is 2.25. The Morgan fingerprint density at radius 2 is 2.26 bits per heavy atom. The minimum absolute atomic E-state index is 0.0189. The number of anilines is 1. The van der Waals surface area contributed by atoms with E-state index in [1.807, 2.05) is 24.3 Å². The molecular formula is C14H18N2O3. The van der Waals surface area contributed by atoms with E-state index in [2.05, 4.69) is 10.6 Å². The number of fused-ring (bicyclic) bond motifs is 1. The third kappa shape index (κ3) is 2.88. The summed E-state index contributed by atoms with van der Waals surface area (Å²) in [6, 6.07) is 7.84. The van der Waals surface area contributed by atoms with E-state index < -0.39 is 0 Å². The molecule has 0 bridgehead atoms. The highest BCUT2D eigenvalue weighted by atomic mass is 16.6. The van der Waals surface area contributed by atoms with Crippen molar-refractivity contribution in [3.05, 3.63) is 29.8 Å². The highest BCUT2D eigenvalue weighted by molar-refractivity contribution is 5.87. The summed E-state index contributed by atoms with van der Waals surface area (Å²) in [4.78, 5) is 12.1. The summed E-state index contributed by atoms with van der Waals surface area (Å²) in [6.45, 7) is 2.31. The second-order valence-corrected chi connectivity index (χ2v) is 4.87. The second-order valence-electron chi connectivity index (χ2n) is 4.87. The van der Waals surface area contributed by atoms with Gasteiger partial charge in [-0.1, -0.05) is 18.2 Å². The van der Waals surface area contributed by atoms with Crippen molar-refractivity contribution in [1.82, 2.24) is 5.32 Å². The van der Waals surface area contributed by atoms with Crippen LogP contribution in [0.2, 0.25) is 0 Å². The molecule has 1 aromatic rings. The fraction of sp³-hybridized carbons (Fsp3) is 0.500. The lowest BCUT2D eigenvalue weighted by Gasteiger charge is -2.23. The molecule has 0 radical (unpaired) electrons. The van der Waals surface area contributed by atoms with Gasteiger partial charge in [-0.05, 0) is 11.6 Å². The fourth-order valence-corrected chi connectivity index (χ4v) is 2.45. The van der Waals surface area contributed by atoms with Crippen molar-refractivity contribution < 1.29 is 14.3 Å². The molecule has 19 heavy (non-hydrogen) atoms. The SMILES string of the molecule is O=C(NCC1COCCO1)C1Cc2ccccc2N1. The topological polar surface area (TPSA) is 59.6 Å². The molecule has 0 saturated carbocycles. The van der Waals surface area contributed by atoms with Crippen LogP contribution in [0.3, 0.4) is 0 Å². The molecule has 2 atom stereocenters. The van der Waals surface area contributed by atoms with E-state index in [-0.39, 0.29) is 18.1 Å². The van der Waals surface area contributed by atoms with Gasteiger partial charge in [-0.25, -0.2) is 0 Å². The minimum Gasteiger partial charge on any atom is -0.376 e. The Kier molecular flexibility index (Phi) is 3.66. The van der Waals surface area contributed by atoms with Gasteiger partial charge in [-0.2, -0.15) is 0 Å². The summed E-state index contributed by atoms with van der Waals surface area (Å²) >= 11 is 0. The van der Waals surface area contributed by atoms with Crippen LogP contribution in [0.5, 0.6) is 0 Å². The first-order valence-corrected chi connectivity index (χ1v) is 6.64. The van der Waals surface area contributed by atoms with Crippen LogP contribution >= 0.6 is 0 Å². The number of benzene rings is 1. The quantitative estimate of drug-likeness (QED) is 0.835. The molecule has 0 aliphatic carbocycles. The first kappa shape index (κ1) is 12.4. The summed E-state index contributed by atoms with van der Waals surface area (Å²) in [5.74, 6) is 0.0189. The third-order valence-corrected chi connectivity index (χ3v) is 3.48. The molecule has 0 spiro atoms. The van der Waals surface area contributed by atoms with Crippen LogP contribution in [0.25, 0.3) is 0 Å². The second kappa shape index (κ2) is 5.59. The Hall–Kier alpha value is -1.59. The van der Waals surface area contributed by atoms with Gasteiger partial charge in [-0.15, -0.1) is 0 Å². The molecule has 0 aromatic heterocycles. The van der Waals surface area contributed by atoms with E-state index in [9.17, 15) is 4.79 Å². The number of carbonyl (C=O) groups excluding carboxylic acids is 1. The predicted octanol–water partition coefficient (Wildman–Crippen LogP) is 0.555. The third-order valence-electron chi connectivity index (χ3n) is 3.48.